The summed E-state index contributed by atoms with van der Waals surface area (Å²) in [5.41, 5.74) is 5.83. The van der Waals surface area contributed by atoms with Crippen molar-refractivity contribution in [2.45, 2.75) is 56.8 Å². The van der Waals surface area contributed by atoms with Crippen molar-refractivity contribution < 1.29 is 9.50 Å². The fourth-order valence-electron chi connectivity index (χ4n) is 4.34. The van der Waals surface area contributed by atoms with Crippen LogP contribution in [0.5, 0.6) is 0 Å². The van der Waals surface area contributed by atoms with E-state index in [1.165, 1.54) is 27.8 Å². The molecule has 4 heteroatoms. The van der Waals surface area contributed by atoms with Crippen molar-refractivity contribution in [2.24, 2.45) is 0 Å². The maximum Gasteiger partial charge on any atom is 0.123 e. The minimum absolute atomic E-state index is 0.0980. The molecule has 0 fully saturated rings. The van der Waals surface area contributed by atoms with E-state index in [1.807, 2.05) is 12.1 Å². The zero-order chi connectivity index (χ0) is 23.5. The Kier molecular flexibility index (Phi) is 7.16. The van der Waals surface area contributed by atoms with Gasteiger partial charge < -0.3 is 5.11 Å². The number of hydrogen-bond acceptors (Lipinski definition) is 3. The molecule has 0 amide bonds. The molecule has 0 radical (unpaired) electrons. The van der Waals surface area contributed by atoms with Crippen molar-refractivity contribution >= 4 is 22.5 Å². The van der Waals surface area contributed by atoms with Gasteiger partial charge in [-0.2, -0.15) is 0 Å². The summed E-state index contributed by atoms with van der Waals surface area (Å²) in [6.45, 7) is 8.42. The van der Waals surface area contributed by atoms with E-state index in [-0.39, 0.29) is 24.3 Å². The molecule has 33 heavy (non-hydrogen) atoms. The molecule has 0 aliphatic carbocycles. The molecule has 1 heterocycles. The molecule has 4 rings (SSSR count). The van der Waals surface area contributed by atoms with E-state index >= 15 is 0 Å². The van der Waals surface area contributed by atoms with Gasteiger partial charge in [0.1, 0.15) is 5.82 Å². The normalized spacial score (nSPS) is 11.6. The largest absolute Gasteiger partial charge is 0.392 e. The molecule has 0 spiro atoms. The van der Waals surface area contributed by atoms with Gasteiger partial charge in [0, 0.05) is 27.6 Å². The summed E-state index contributed by atoms with van der Waals surface area (Å²) < 4.78 is 13.7. The highest BCUT2D eigenvalue weighted by molar-refractivity contribution is 7.98. The summed E-state index contributed by atoms with van der Waals surface area (Å²) in [5.74, 6) is 0.850. The Morgan fingerprint density at radius 1 is 0.818 bits per heavy atom. The van der Waals surface area contributed by atoms with Gasteiger partial charge >= 0.3 is 0 Å². The number of aliphatic hydroxyl groups is 1. The summed E-state index contributed by atoms with van der Waals surface area (Å²) in [5, 5.41) is 12.8. The van der Waals surface area contributed by atoms with E-state index in [4.69, 9.17) is 4.98 Å². The number of halogens is 1. The number of aromatic nitrogens is 1. The Morgan fingerprint density at radius 2 is 1.45 bits per heavy atom. The third kappa shape index (κ3) is 4.97. The fraction of sp³-hybridized carbons (Fsp3) is 0.276. The number of aliphatic hydroxyl groups excluding tert-OH is 1. The number of hydrogen-bond donors (Lipinski definition) is 1. The van der Waals surface area contributed by atoms with Crippen LogP contribution in [0.15, 0.2) is 71.6 Å². The highest BCUT2D eigenvalue weighted by Gasteiger charge is 2.23. The summed E-state index contributed by atoms with van der Waals surface area (Å²) in [6.07, 6.45) is 0. The molecular weight excluding hydrogens is 429 g/mol. The first-order valence-corrected chi connectivity index (χ1v) is 12.4. The van der Waals surface area contributed by atoms with E-state index in [2.05, 4.69) is 70.2 Å². The molecule has 1 aromatic heterocycles. The molecule has 0 atom stereocenters. The third-order valence-corrected chi connectivity index (χ3v) is 6.97. The van der Waals surface area contributed by atoms with Gasteiger partial charge in [-0.25, -0.2) is 4.39 Å². The second kappa shape index (κ2) is 10.1. The number of fused-ring (bicyclic) bond motifs is 1. The second-order valence-corrected chi connectivity index (χ2v) is 10.0. The van der Waals surface area contributed by atoms with Crippen molar-refractivity contribution in [1.29, 1.82) is 0 Å². The monoisotopic (exact) mass is 459 g/mol. The van der Waals surface area contributed by atoms with Crippen LogP contribution in [-0.4, -0.2) is 10.1 Å². The molecule has 0 saturated heterocycles. The summed E-state index contributed by atoms with van der Waals surface area (Å²) in [7, 11) is 0. The van der Waals surface area contributed by atoms with Gasteiger partial charge in [-0.15, -0.1) is 11.8 Å². The van der Waals surface area contributed by atoms with Gasteiger partial charge in [-0.1, -0.05) is 70.2 Å². The van der Waals surface area contributed by atoms with Gasteiger partial charge in [-0.05, 0) is 63.6 Å². The summed E-state index contributed by atoms with van der Waals surface area (Å²) >= 11 is 1.77. The van der Waals surface area contributed by atoms with Crippen molar-refractivity contribution in [3.05, 3.63) is 95.1 Å². The van der Waals surface area contributed by atoms with E-state index in [0.29, 0.717) is 0 Å². The van der Waals surface area contributed by atoms with Crippen LogP contribution < -0.4 is 0 Å². The molecule has 4 aromatic rings. The van der Waals surface area contributed by atoms with Crippen LogP contribution in [-0.2, 0) is 12.4 Å². The molecular formula is C29H30FNOS. The van der Waals surface area contributed by atoms with E-state index in [0.717, 1.165) is 39.4 Å². The van der Waals surface area contributed by atoms with E-state index < -0.39 is 0 Å². The van der Waals surface area contributed by atoms with Crippen LogP contribution in [0.3, 0.4) is 0 Å². The first-order valence-electron chi connectivity index (χ1n) is 11.4. The summed E-state index contributed by atoms with van der Waals surface area (Å²) in [4.78, 5) is 6.25. The Bertz CT molecular complexity index is 1260. The average Bonchev–Trinajstić information content (AvgIpc) is 2.81. The third-order valence-electron chi connectivity index (χ3n) is 5.95. The zero-order valence-corrected chi connectivity index (χ0v) is 20.4. The fourth-order valence-corrected chi connectivity index (χ4v) is 5.32. The number of nitrogens with zero attached hydrogens (tertiary/aromatic N) is 1. The highest BCUT2D eigenvalue weighted by Crippen LogP contribution is 2.39. The standard InChI is InChI=1S/C29H30FNOS/c1-18(2)28-25(16-32)27(21-9-12-23(30)13-10-21)26(29(31-28)19(3)4)17-33-24-14-11-20-7-5-6-8-22(20)15-24/h5-15,18-19,32H,16-17H2,1-4H3. The molecule has 0 aliphatic rings. The Hall–Kier alpha value is -2.69. The zero-order valence-electron chi connectivity index (χ0n) is 19.6. The Morgan fingerprint density at radius 3 is 2.09 bits per heavy atom. The lowest BCUT2D eigenvalue weighted by molar-refractivity contribution is 0.279. The quantitative estimate of drug-likeness (QED) is 0.284. The van der Waals surface area contributed by atoms with Gasteiger partial charge in [-0.3, -0.25) is 4.98 Å². The van der Waals surface area contributed by atoms with Crippen LogP contribution in [0.1, 0.15) is 62.0 Å². The minimum Gasteiger partial charge on any atom is -0.392 e. The molecule has 0 unspecified atom stereocenters. The Balaban J connectivity index is 1.85. The lowest BCUT2D eigenvalue weighted by atomic mass is 9.88. The van der Waals surface area contributed by atoms with Crippen LogP contribution in [0.4, 0.5) is 4.39 Å². The first kappa shape index (κ1) is 23.5. The van der Waals surface area contributed by atoms with Crippen molar-refractivity contribution in [3.8, 4) is 11.1 Å². The predicted octanol–water partition coefficient (Wildman–Crippen LogP) is 8.07. The van der Waals surface area contributed by atoms with E-state index in [1.54, 1.807) is 11.8 Å². The van der Waals surface area contributed by atoms with Crippen molar-refractivity contribution in [2.75, 3.05) is 0 Å². The van der Waals surface area contributed by atoms with Crippen molar-refractivity contribution in [3.63, 3.8) is 0 Å². The lowest BCUT2D eigenvalue weighted by Crippen LogP contribution is -2.12. The maximum atomic E-state index is 13.7. The van der Waals surface area contributed by atoms with Crippen LogP contribution in [0.25, 0.3) is 21.9 Å². The average molecular weight is 460 g/mol. The number of rotatable bonds is 7. The van der Waals surface area contributed by atoms with Gasteiger partial charge in [0.05, 0.1) is 6.61 Å². The smallest absolute Gasteiger partial charge is 0.123 e. The Labute approximate surface area is 199 Å². The first-order chi connectivity index (χ1) is 15.9. The molecule has 0 aliphatic heterocycles. The maximum absolute atomic E-state index is 13.7. The summed E-state index contributed by atoms with van der Waals surface area (Å²) in [6, 6.07) is 21.5. The number of thioether (sulfide) groups is 1. The molecule has 0 saturated carbocycles. The minimum atomic E-state index is -0.265. The molecule has 2 nitrogen and oxygen atoms in total. The van der Waals surface area contributed by atoms with Crippen molar-refractivity contribution in [1.82, 2.24) is 4.98 Å². The molecule has 3 aromatic carbocycles. The van der Waals surface area contributed by atoms with Crippen LogP contribution in [0.2, 0.25) is 0 Å². The number of benzene rings is 3. The second-order valence-electron chi connectivity index (χ2n) is 8.99. The van der Waals surface area contributed by atoms with E-state index in [9.17, 15) is 9.50 Å². The molecule has 0 bridgehead atoms. The van der Waals surface area contributed by atoms with Gasteiger partial charge in [0.25, 0.3) is 0 Å². The van der Waals surface area contributed by atoms with Gasteiger partial charge in [0.15, 0.2) is 0 Å². The topological polar surface area (TPSA) is 33.1 Å². The SMILES string of the molecule is CC(C)c1nc(C(C)C)c(CSc2ccc3ccccc3c2)c(-c2ccc(F)cc2)c1CO. The molecule has 1 N–H and O–H groups in total. The lowest BCUT2D eigenvalue weighted by Gasteiger charge is -2.24. The molecule has 170 valence electrons. The van der Waals surface area contributed by atoms with Crippen LogP contribution in [0, 0.1) is 5.82 Å². The van der Waals surface area contributed by atoms with Crippen LogP contribution >= 0.6 is 11.8 Å². The van der Waals surface area contributed by atoms with Gasteiger partial charge in [0.2, 0.25) is 0 Å². The highest BCUT2D eigenvalue weighted by atomic mass is 32.2. The predicted molar refractivity (Wildman–Crippen MR) is 137 cm³/mol. The number of pyridine rings is 1.